The van der Waals surface area contributed by atoms with Gasteiger partial charge in [-0.2, -0.15) is 0 Å². The normalized spacial score (nSPS) is 11.4. The molecule has 0 radical (unpaired) electrons. The van der Waals surface area contributed by atoms with E-state index in [1.807, 2.05) is 31.2 Å². The van der Waals surface area contributed by atoms with Gasteiger partial charge < -0.3 is 20.1 Å². The molecule has 0 heterocycles. The molecule has 1 rings (SSSR count). The Labute approximate surface area is 131 Å². The van der Waals surface area contributed by atoms with Gasteiger partial charge >= 0.3 is 0 Å². The molecule has 0 bridgehead atoms. The van der Waals surface area contributed by atoms with E-state index in [2.05, 4.69) is 10.6 Å². The summed E-state index contributed by atoms with van der Waals surface area (Å²) in [5, 5.41) is 5.32. The predicted octanol–water partition coefficient (Wildman–Crippen LogP) is 1.49. The maximum atomic E-state index is 11.7. The molecule has 22 heavy (non-hydrogen) atoms. The van der Waals surface area contributed by atoms with Gasteiger partial charge in [0.1, 0.15) is 17.5 Å². The largest absolute Gasteiger partial charge is 0.497 e. The Kier molecular flexibility index (Phi) is 7.81. The van der Waals surface area contributed by atoms with Gasteiger partial charge in [0.15, 0.2) is 0 Å². The van der Waals surface area contributed by atoms with E-state index in [0.29, 0.717) is 26.0 Å². The maximum absolute atomic E-state index is 11.7. The Morgan fingerprint density at radius 3 is 2.41 bits per heavy atom. The molecule has 2 amide bonds. The van der Waals surface area contributed by atoms with Crippen molar-refractivity contribution in [2.75, 3.05) is 20.3 Å². The average molecular weight is 308 g/mol. The fourth-order valence-electron chi connectivity index (χ4n) is 1.80. The van der Waals surface area contributed by atoms with E-state index >= 15 is 0 Å². The molecule has 0 fully saturated rings. The van der Waals surface area contributed by atoms with Crippen molar-refractivity contribution in [2.24, 2.45) is 0 Å². The number of amides is 2. The topological polar surface area (TPSA) is 76.7 Å². The van der Waals surface area contributed by atoms with E-state index in [4.69, 9.17) is 9.47 Å². The first-order valence-corrected chi connectivity index (χ1v) is 7.40. The lowest BCUT2D eigenvalue weighted by atomic mass is 10.2. The van der Waals surface area contributed by atoms with Crippen molar-refractivity contribution >= 4 is 11.8 Å². The van der Waals surface area contributed by atoms with Crippen molar-refractivity contribution in [3.8, 4) is 11.5 Å². The third kappa shape index (κ3) is 6.47. The van der Waals surface area contributed by atoms with Crippen molar-refractivity contribution in [1.82, 2.24) is 10.6 Å². The lowest BCUT2D eigenvalue weighted by molar-refractivity contribution is -0.128. The molecule has 0 spiro atoms. The van der Waals surface area contributed by atoms with Crippen molar-refractivity contribution in [3.05, 3.63) is 24.3 Å². The van der Waals surface area contributed by atoms with Gasteiger partial charge in [-0.15, -0.1) is 0 Å². The smallest absolute Gasteiger partial charge is 0.242 e. The summed E-state index contributed by atoms with van der Waals surface area (Å²) in [6.45, 7) is 4.49. The maximum Gasteiger partial charge on any atom is 0.242 e. The second-order valence-corrected chi connectivity index (χ2v) is 4.81. The molecule has 6 heteroatoms. The SMILES string of the molecule is CCNC(=O)[C@H](C)NC(=O)CCCOc1ccc(OC)cc1. The molecular formula is C16H24N2O4. The first-order valence-electron chi connectivity index (χ1n) is 7.40. The number of hydrogen-bond acceptors (Lipinski definition) is 4. The fourth-order valence-corrected chi connectivity index (χ4v) is 1.80. The first-order chi connectivity index (χ1) is 10.6. The van der Waals surface area contributed by atoms with Crippen LogP contribution in [0.3, 0.4) is 0 Å². The van der Waals surface area contributed by atoms with Gasteiger partial charge in [-0.25, -0.2) is 0 Å². The highest BCUT2D eigenvalue weighted by molar-refractivity contribution is 5.87. The zero-order valence-corrected chi connectivity index (χ0v) is 13.3. The number of carbonyl (C=O) groups excluding carboxylic acids is 2. The Balaban J connectivity index is 2.20. The van der Waals surface area contributed by atoms with Crippen molar-refractivity contribution < 1.29 is 19.1 Å². The van der Waals surface area contributed by atoms with E-state index in [9.17, 15) is 9.59 Å². The van der Waals surface area contributed by atoms with Crippen LogP contribution >= 0.6 is 0 Å². The standard InChI is InChI=1S/C16H24N2O4/c1-4-17-16(20)12(2)18-15(19)6-5-11-22-14-9-7-13(21-3)8-10-14/h7-10,12H,4-6,11H2,1-3H3,(H,17,20)(H,18,19)/t12-/m0/s1. The van der Waals surface area contributed by atoms with Crippen LogP contribution in [0.4, 0.5) is 0 Å². The van der Waals surface area contributed by atoms with Gasteiger partial charge in [0.25, 0.3) is 0 Å². The fraction of sp³-hybridized carbons (Fsp3) is 0.500. The summed E-state index contributed by atoms with van der Waals surface area (Å²) in [7, 11) is 1.61. The van der Waals surface area contributed by atoms with Crippen molar-refractivity contribution in [2.45, 2.75) is 32.7 Å². The Morgan fingerprint density at radius 2 is 1.82 bits per heavy atom. The summed E-state index contributed by atoms with van der Waals surface area (Å²) < 4.78 is 10.6. The summed E-state index contributed by atoms with van der Waals surface area (Å²) in [6, 6.07) is 6.74. The minimum Gasteiger partial charge on any atom is -0.497 e. The summed E-state index contributed by atoms with van der Waals surface area (Å²) in [5.74, 6) is 1.17. The van der Waals surface area contributed by atoms with Gasteiger partial charge in [-0.3, -0.25) is 9.59 Å². The first kappa shape index (κ1) is 17.8. The molecule has 0 aliphatic heterocycles. The molecule has 0 unspecified atom stereocenters. The number of hydrogen-bond donors (Lipinski definition) is 2. The number of nitrogens with one attached hydrogen (secondary N) is 2. The van der Waals surface area contributed by atoms with Crippen LogP contribution < -0.4 is 20.1 Å². The van der Waals surface area contributed by atoms with Gasteiger partial charge in [0.05, 0.1) is 13.7 Å². The Morgan fingerprint density at radius 1 is 1.18 bits per heavy atom. The molecule has 1 atom stereocenters. The van der Waals surface area contributed by atoms with E-state index in [0.717, 1.165) is 11.5 Å². The van der Waals surface area contributed by atoms with Crippen LogP contribution in [0.2, 0.25) is 0 Å². The molecule has 0 saturated carbocycles. The molecule has 1 aromatic carbocycles. The van der Waals surface area contributed by atoms with E-state index in [1.165, 1.54) is 0 Å². The van der Waals surface area contributed by atoms with E-state index in [-0.39, 0.29) is 11.8 Å². The number of methoxy groups -OCH3 is 1. The second kappa shape index (κ2) is 9.65. The summed E-state index contributed by atoms with van der Waals surface area (Å²) >= 11 is 0. The van der Waals surface area contributed by atoms with Gasteiger partial charge in [0, 0.05) is 13.0 Å². The van der Waals surface area contributed by atoms with Gasteiger partial charge in [-0.1, -0.05) is 0 Å². The van der Waals surface area contributed by atoms with E-state index < -0.39 is 6.04 Å². The number of likely N-dealkylation sites (N-methyl/N-ethyl adjacent to an activating group) is 1. The van der Waals surface area contributed by atoms with Gasteiger partial charge in [0.2, 0.25) is 11.8 Å². The molecule has 0 saturated heterocycles. The molecule has 0 aliphatic rings. The van der Waals surface area contributed by atoms with Crippen LogP contribution in [0.5, 0.6) is 11.5 Å². The predicted molar refractivity (Wildman–Crippen MR) is 84.0 cm³/mol. The lowest BCUT2D eigenvalue weighted by Gasteiger charge is -2.13. The third-order valence-electron chi connectivity index (χ3n) is 3.00. The van der Waals surface area contributed by atoms with Crippen LogP contribution in [0.1, 0.15) is 26.7 Å². The Hall–Kier alpha value is -2.24. The average Bonchev–Trinajstić information content (AvgIpc) is 2.52. The van der Waals surface area contributed by atoms with Crippen LogP contribution in [0.25, 0.3) is 0 Å². The molecule has 122 valence electrons. The highest BCUT2D eigenvalue weighted by Gasteiger charge is 2.14. The number of ether oxygens (including phenoxy) is 2. The van der Waals surface area contributed by atoms with Crippen molar-refractivity contribution in [3.63, 3.8) is 0 Å². The molecule has 1 aromatic rings. The molecule has 0 aromatic heterocycles. The third-order valence-corrected chi connectivity index (χ3v) is 3.00. The van der Waals surface area contributed by atoms with Crippen molar-refractivity contribution in [1.29, 1.82) is 0 Å². The highest BCUT2D eigenvalue weighted by atomic mass is 16.5. The van der Waals surface area contributed by atoms with Crippen LogP contribution in [-0.4, -0.2) is 38.1 Å². The zero-order chi connectivity index (χ0) is 16.4. The second-order valence-electron chi connectivity index (χ2n) is 4.81. The Bertz CT molecular complexity index is 474. The molecule has 0 aliphatic carbocycles. The quantitative estimate of drug-likeness (QED) is 0.678. The lowest BCUT2D eigenvalue weighted by Crippen LogP contribution is -2.44. The van der Waals surface area contributed by atoms with Crippen LogP contribution in [0.15, 0.2) is 24.3 Å². The minimum absolute atomic E-state index is 0.155. The highest BCUT2D eigenvalue weighted by Crippen LogP contribution is 2.17. The van der Waals surface area contributed by atoms with E-state index in [1.54, 1.807) is 14.0 Å². The minimum atomic E-state index is -0.519. The van der Waals surface area contributed by atoms with Crippen LogP contribution in [0, 0.1) is 0 Å². The molecule has 6 nitrogen and oxygen atoms in total. The molecular weight excluding hydrogens is 284 g/mol. The summed E-state index contributed by atoms with van der Waals surface area (Å²) in [6.07, 6.45) is 0.903. The summed E-state index contributed by atoms with van der Waals surface area (Å²) in [5.41, 5.74) is 0. The number of rotatable bonds is 9. The summed E-state index contributed by atoms with van der Waals surface area (Å²) in [4.78, 5) is 23.2. The van der Waals surface area contributed by atoms with Crippen LogP contribution in [-0.2, 0) is 9.59 Å². The van der Waals surface area contributed by atoms with Gasteiger partial charge in [-0.05, 0) is 44.5 Å². The monoisotopic (exact) mass is 308 g/mol. The number of carbonyl (C=O) groups is 2. The number of benzene rings is 1. The zero-order valence-electron chi connectivity index (χ0n) is 13.3. The molecule has 2 N–H and O–H groups in total.